The number of nitrogen functional groups attached to an aromatic ring is 1. The zero-order valence-corrected chi connectivity index (χ0v) is 16.0. The van der Waals surface area contributed by atoms with E-state index in [1.807, 2.05) is 0 Å². The fourth-order valence-corrected chi connectivity index (χ4v) is 3.85. The quantitative estimate of drug-likeness (QED) is 0.554. The summed E-state index contributed by atoms with van der Waals surface area (Å²) in [6, 6.07) is 1.55. The number of nitrogens with one attached hydrogen (secondary N) is 1. The lowest BCUT2D eigenvalue weighted by molar-refractivity contribution is 0.0893. The number of carbonyl (C=O) groups is 2. The van der Waals surface area contributed by atoms with E-state index in [1.54, 1.807) is 6.07 Å². The normalized spacial score (nSPS) is 17.8. The summed E-state index contributed by atoms with van der Waals surface area (Å²) in [7, 11) is -1.49. The molecule has 0 aliphatic carbocycles. The van der Waals surface area contributed by atoms with Gasteiger partial charge in [0.2, 0.25) is 0 Å². The Morgan fingerprint density at radius 2 is 2.17 bits per heavy atom. The first-order valence-electron chi connectivity index (χ1n) is 7.87. The number of nitrogens with zero attached hydrogens (tertiary/aromatic N) is 1. The molecule has 2 heterocycles. The van der Waals surface area contributed by atoms with Crippen molar-refractivity contribution < 1.29 is 14.7 Å². The van der Waals surface area contributed by atoms with Crippen LogP contribution in [0.1, 0.15) is 27.4 Å². The van der Waals surface area contributed by atoms with E-state index in [4.69, 9.17) is 10.8 Å². The van der Waals surface area contributed by atoms with Crippen molar-refractivity contribution >= 4 is 37.1 Å². The number of amides is 2. The highest BCUT2D eigenvalue weighted by atomic mass is 32.1. The highest BCUT2D eigenvalue weighted by molar-refractivity contribution is 7.15. The molecule has 0 aromatic carbocycles. The molecule has 0 bridgehead atoms. The number of carbonyl (C=O) groups excluding carboxylic acids is 1. The Kier molecular flexibility index (Phi) is 5.57. The van der Waals surface area contributed by atoms with Gasteiger partial charge in [0.05, 0.1) is 10.6 Å². The van der Waals surface area contributed by atoms with Crippen molar-refractivity contribution in [3.8, 4) is 11.5 Å². The average molecular weight is 366 g/mol. The van der Waals surface area contributed by atoms with Crippen LogP contribution in [0.2, 0.25) is 19.6 Å². The first-order valence-corrected chi connectivity index (χ1v) is 12.2. The minimum absolute atomic E-state index is 0.180. The fraction of sp³-hybridized carbons (Fsp3) is 0.500. The predicted molar refractivity (Wildman–Crippen MR) is 99.0 cm³/mol. The third kappa shape index (κ3) is 5.01. The van der Waals surface area contributed by atoms with Crippen molar-refractivity contribution in [2.75, 3.05) is 18.8 Å². The molecule has 1 aromatic rings. The summed E-state index contributed by atoms with van der Waals surface area (Å²) in [6.45, 7) is 7.29. The molecule has 2 rings (SSSR count). The number of piperidine rings is 1. The number of rotatable bonds is 2. The summed E-state index contributed by atoms with van der Waals surface area (Å²) in [5, 5.41) is 12.0. The van der Waals surface area contributed by atoms with Gasteiger partial charge in [0.1, 0.15) is 13.0 Å². The van der Waals surface area contributed by atoms with Crippen LogP contribution in [0, 0.1) is 11.5 Å². The number of hydrogen-bond donors (Lipinski definition) is 3. The largest absolute Gasteiger partial charge is 0.465 e. The number of hydrogen-bond acceptors (Lipinski definition) is 4. The molecular formula is C16H23N3O3SSi. The second kappa shape index (κ2) is 7.28. The van der Waals surface area contributed by atoms with Gasteiger partial charge in [0, 0.05) is 19.1 Å². The average Bonchev–Trinajstić information content (AvgIpc) is 2.86. The Labute approximate surface area is 147 Å². The van der Waals surface area contributed by atoms with Crippen LogP contribution in [0.4, 0.5) is 10.5 Å². The first-order chi connectivity index (χ1) is 11.2. The van der Waals surface area contributed by atoms with Crippen molar-refractivity contribution in [2.24, 2.45) is 0 Å². The van der Waals surface area contributed by atoms with Crippen LogP contribution in [0.5, 0.6) is 0 Å². The molecule has 24 heavy (non-hydrogen) atoms. The van der Waals surface area contributed by atoms with Gasteiger partial charge >= 0.3 is 6.09 Å². The number of carboxylic acid groups (broad SMARTS) is 1. The third-order valence-corrected chi connectivity index (χ3v) is 5.49. The third-order valence-electron chi connectivity index (χ3n) is 3.55. The van der Waals surface area contributed by atoms with Gasteiger partial charge in [-0.25, -0.2) is 4.79 Å². The molecule has 0 spiro atoms. The molecule has 6 nitrogen and oxygen atoms in total. The standard InChI is InChI=1S/C16H23N3O3SSi/c1-24(2,3)8-6-12-9-13(17)14(23-12)15(20)18-11-5-4-7-19(10-11)16(21)22/h9,11H,4-5,7,10,17H2,1-3H3,(H,18,20)(H,21,22). The summed E-state index contributed by atoms with van der Waals surface area (Å²) in [5.41, 5.74) is 9.63. The van der Waals surface area contributed by atoms with Crippen molar-refractivity contribution in [1.82, 2.24) is 10.2 Å². The van der Waals surface area contributed by atoms with E-state index in [-0.39, 0.29) is 11.9 Å². The summed E-state index contributed by atoms with van der Waals surface area (Å²) in [6.07, 6.45) is 0.557. The molecule has 1 aromatic heterocycles. The zero-order valence-electron chi connectivity index (χ0n) is 14.2. The molecule has 8 heteroatoms. The molecule has 130 valence electrons. The van der Waals surface area contributed by atoms with Crippen molar-refractivity contribution in [3.63, 3.8) is 0 Å². The molecule has 0 saturated carbocycles. The molecule has 1 saturated heterocycles. The lowest BCUT2D eigenvalue weighted by Crippen LogP contribution is -2.49. The second-order valence-corrected chi connectivity index (χ2v) is 12.7. The topological polar surface area (TPSA) is 95.7 Å². The van der Waals surface area contributed by atoms with Crippen molar-refractivity contribution in [1.29, 1.82) is 0 Å². The van der Waals surface area contributed by atoms with Gasteiger partial charge in [-0.05, 0) is 18.9 Å². The molecular weight excluding hydrogens is 342 g/mol. The fourth-order valence-electron chi connectivity index (χ4n) is 2.41. The highest BCUT2D eigenvalue weighted by Crippen LogP contribution is 2.24. The predicted octanol–water partition coefficient (Wildman–Crippen LogP) is 2.43. The Morgan fingerprint density at radius 3 is 2.79 bits per heavy atom. The van der Waals surface area contributed by atoms with E-state index in [0.29, 0.717) is 23.7 Å². The Balaban J connectivity index is 2.06. The Bertz CT molecular complexity index is 700. The highest BCUT2D eigenvalue weighted by Gasteiger charge is 2.25. The lowest BCUT2D eigenvalue weighted by atomic mass is 10.1. The molecule has 4 N–H and O–H groups in total. The number of anilines is 1. The maximum atomic E-state index is 12.4. The minimum atomic E-state index is -1.49. The van der Waals surface area contributed by atoms with Crippen molar-refractivity contribution in [3.05, 3.63) is 15.8 Å². The molecule has 1 aliphatic heterocycles. The number of nitrogens with two attached hydrogens (primary N) is 1. The van der Waals surface area contributed by atoms with Crippen LogP contribution >= 0.6 is 11.3 Å². The van der Waals surface area contributed by atoms with Gasteiger partial charge in [-0.2, -0.15) is 0 Å². The molecule has 1 atom stereocenters. The summed E-state index contributed by atoms with van der Waals surface area (Å²) >= 11 is 1.29. The van der Waals surface area contributed by atoms with E-state index in [0.717, 1.165) is 17.7 Å². The molecule has 0 radical (unpaired) electrons. The van der Waals surface area contributed by atoms with Gasteiger partial charge < -0.3 is 21.1 Å². The monoisotopic (exact) mass is 365 g/mol. The summed E-state index contributed by atoms with van der Waals surface area (Å²) in [5.74, 6) is 2.86. The number of likely N-dealkylation sites (tertiary alicyclic amines) is 1. The smallest absolute Gasteiger partial charge is 0.407 e. The summed E-state index contributed by atoms with van der Waals surface area (Å²) in [4.78, 5) is 26.1. The van der Waals surface area contributed by atoms with Gasteiger partial charge in [-0.15, -0.1) is 16.9 Å². The molecule has 1 fully saturated rings. The maximum absolute atomic E-state index is 12.4. The second-order valence-electron chi connectivity index (χ2n) is 6.94. The molecule has 1 aliphatic rings. The zero-order chi connectivity index (χ0) is 17.9. The first kappa shape index (κ1) is 18.4. The Morgan fingerprint density at radius 1 is 1.46 bits per heavy atom. The van der Waals surface area contributed by atoms with Gasteiger partial charge in [-0.1, -0.05) is 25.6 Å². The molecule has 2 amide bonds. The van der Waals surface area contributed by atoms with E-state index >= 15 is 0 Å². The van der Waals surface area contributed by atoms with E-state index in [9.17, 15) is 9.59 Å². The van der Waals surface area contributed by atoms with Crippen LogP contribution in [-0.2, 0) is 0 Å². The van der Waals surface area contributed by atoms with Crippen LogP contribution in [-0.4, -0.2) is 49.2 Å². The molecule has 1 unspecified atom stereocenters. The summed E-state index contributed by atoms with van der Waals surface area (Å²) < 4.78 is 0. The van der Waals surface area contributed by atoms with Crippen LogP contribution in [0.25, 0.3) is 0 Å². The van der Waals surface area contributed by atoms with Gasteiger partial charge in [-0.3, -0.25) is 4.79 Å². The Hall–Kier alpha value is -1.98. The van der Waals surface area contributed by atoms with Gasteiger partial charge in [0.25, 0.3) is 5.91 Å². The van der Waals surface area contributed by atoms with Gasteiger partial charge in [0.15, 0.2) is 0 Å². The van der Waals surface area contributed by atoms with E-state index in [2.05, 4.69) is 36.4 Å². The lowest BCUT2D eigenvalue weighted by Gasteiger charge is -2.31. The number of thiophene rings is 1. The van der Waals surface area contributed by atoms with Crippen LogP contribution < -0.4 is 11.1 Å². The van der Waals surface area contributed by atoms with Crippen LogP contribution in [0.3, 0.4) is 0 Å². The minimum Gasteiger partial charge on any atom is -0.465 e. The van der Waals surface area contributed by atoms with Crippen LogP contribution in [0.15, 0.2) is 6.07 Å². The van der Waals surface area contributed by atoms with E-state index < -0.39 is 14.2 Å². The van der Waals surface area contributed by atoms with E-state index in [1.165, 1.54) is 16.2 Å². The van der Waals surface area contributed by atoms with Crippen molar-refractivity contribution in [2.45, 2.75) is 38.5 Å². The SMILES string of the molecule is C[Si](C)(C)C#Cc1cc(N)c(C(=O)NC2CCCN(C(=O)O)C2)s1. The maximum Gasteiger partial charge on any atom is 0.407 e.